The van der Waals surface area contributed by atoms with Crippen molar-refractivity contribution in [2.24, 2.45) is 5.92 Å². The molecule has 0 saturated heterocycles. The van der Waals surface area contributed by atoms with E-state index in [1.807, 2.05) is 0 Å². The van der Waals surface area contributed by atoms with Crippen LogP contribution >= 0.6 is 11.6 Å². The quantitative estimate of drug-likeness (QED) is 0.743. The van der Waals surface area contributed by atoms with Crippen LogP contribution in [0, 0.1) is 5.92 Å². The van der Waals surface area contributed by atoms with Crippen LogP contribution in [0.4, 0.5) is 0 Å². The van der Waals surface area contributed by atoms with Gasteiger partial charge in [0.25, 0.3) is 0 Å². The maximum absolute atomic E-state index is 5.77. The summed E-state index contributed by atoms with van der Waals surface area (Å²) in [5.74, 6) is 1.16. The number of hydrogen-bond donors (Lipinski definition) is 0. The topological polar surface area (TPSA) is 22.1 Å². The Morgan fingerprint density at radius 3 is 3.00 bits per heavy atom. The summed E-state index contributed by atoms with van der Waals surface area (Å²) >= 11 is 5.77. The summed E-state index contributed by atoms with van der Waals surface area (Å²) in [4.78, 5) is 4.04. The second-order valence-electron chi connectivity index (χ2n) is 3.14. The Morgan fingerprint density at radius 2 is 2.38 bits per heavy atom. The Kier molecular flexibility index (Phi) is 4.03. The van der Waals surface area contributed by atoms with Crippen molar-refractivity contribution in [2.75, 3.05) is 6.61 Å². The molecule has 1 heterocycles. The number of pyridine rings is 1. The summed E-state index contributed by atoms with van der Waals surface area (Å²) in [6.45, 7) is 4.98. The highest BCUT2D eigenvalue weighted by Crippen LogP contribution is 2.14. The minimum atomic E-state index is 0.556. The summed E-state index contributed by atoms with van der Waals surface area (Å²) in [6.07, 6.45) is 2.76. The number of aromatic nitrogens is 1. The van der Waals surface area contributed by atoms with Gasteiger partial charge in [-0.15, -0.1) is 0 Å². The van der Waals surface area contributed by atoms with E-state index in [9.17, 15) is 0 Å². The monoisotopic (exact) mass is 199 g/mol. The molecular formula is C10H14ClNO. The highest BCUT2D eigenvalue weighted by Gasteiger charge is 2.01. The van der Waals surface area contributed by atoms with Gasteiger partial charge in [-0.1, -0.05) is 31.9 Å². The van der Waals surface area contributed by atoms with Gasteiger partial charge >= 0.3 is 0 Å². The number of nitrogens with zero attached hydrogens (tertiary/aromatic N) is 1. The third-order valence-electron chi connectivity index (χ3n) is 1.91. The van der Waals surface area contributed by atoms with Gasteiger partial charge in [0.1, 0.15) is 0 Å². The Labute approximate surface area is 83.9 Å². The zero-order chi connectivity index (χ0) is 9.68. The highest BCUT2D eigenvalue weighted by atomic mass is 35.5. The van der Waals surface area contributed by atoms with Crippen LogP contribution in [0.1, 0.15) is 20.3 Å². The molecular weight excluding hydrogens is 186 g/mol. The van der Waals surface area contributed by atoms with Crippen molar-refractivity contribution in [1.29, 1.82) is 0 Å². The maximum Gasteiger partial charge on any atom is 0.214 e. The molecule has 1 aromatic heterocycles. The molecule has 0 amide bonds. The average Bonchev–Trinajstić information content (AvgIpc) is 2.14. The molecule has 0 aliphatic rings. The van der Waals surface area contributed by atoms with Crippen LogP contribution in [0.15, 0.2) is 18.3 Å². The van der Waals surface area contributed by atoms with E-state index in [4.69, 9.17) is 16.3 Å². The predicted molar refractivity (Wildman–Crippen MR) is 54.2 cm³/mol. The second kappa shape index (κ2) is 5.07. The summed E-state index contributed by atoms with van der Waals surface area (Å²) in [5, 5.41) is 0.661. The summed E-state index contributed by atoms with van der Waals surface area (Å²) in [6, 6.07) is 3.46. The van der Waals surface area contributed by atoms with E-state index in [1.54, 1.807) is 18.3 Å². The molecule has 1 atom stereocenters. The van der Waals surface area contributed by atoms with Crippen LogP contribution in [-0.2, 0) is 0 Å². The molecule has 0 bridgehead atoms. The van der Waals surface area contributed by atoms with E-state index >= 15 is 0 Å². The molecule has 0 aliphatic heterocycles. The fraction of sp³-hybridized carbons (Fsp3) is 0.500. The highest BCUT2D eigenvalue weighted by molar-refractivity contribution is 6.30. The Morgan fingerprint density at radius 1 is 1.62 bits per heavy atom. The molecule has 0 aromatic carbocycles. The first-order valence-electron chi connectivity index (χ1n) is 4.46. The first-order valence-corrected chi connectivity index (χ1v) is 4.84. The van der Waals surface area contributed by atoms with E-state index in [2.05, 4.69) is 18.8 Å². The SMILES string of the molecule is CCC(C)COc1cc(Cl)ccn1. The molecule has 13 heavy (non-hydrogen) atoms. The van der Waals surface area contributed by atoms with E-state index < -0.39 is 0 Å². The van der Waals surface area contributed by atoms with Crippen LogP contribution in [0.25, 0.3) is 0 Å². The van der Waals surface area contributed by atoms with Gasteiger partial charge in [0, 0.05) is 17.3 Å². The minimum absolute atomic E-state index is 0.556. The maximum atomic E-state index is 5.77. The lowest BCUT2D eigenvalue weighted by atomic mass is 10.1. The molecule has 0 saturated carbocycles. The fourth-order valence-electron chi connectivity index (χ4n) is 0.810. The van der Waals surface area contributed by atoms with Crippen molar-refractivity contribution in [3.8, 4) is 5.88 Å². The number of ether oxygens (including phenoxy) is 1. The lowest BCUT2D eigenvalue weighted by Crippen LogP contribution is -2.07. The third kappa shape index (κ3) is 3.64. The molecule has 2 nitrogen and oxygen atoms in total. The third-order valence-corrected chi connectivity index (χ3v) is 2.14. The molecule has 0 spiro atoms. The molecule has 72 valence electrons. The van der Waals surface area contributed by atoms with Gasteiger partial charge < -0.3 is 4.74 Å². The van der Waals surface area contributed by atoms with Gasteiger partial charge in [0.15, 0.2) is 0 Å². The normalized spacial score (nSPS) is 12.5. The van der Waals surface area contributed by atoms with Gasteiger partial charge in [-0.3, -0.25) is 0 Å². The van der Waals surface area contributed by atoms with E-state index in [-0.39, 0.29) is 0 Å². The van der Waals surface area contributed by atoms with Crippen molar-refractivity contribution in [3.05, 3.63) is 23.4 Å². The Balaban J connectivity index is 2.45. The average molecular weight is 200 g/mol. The molecule has 1 aromatic rings. The Hall–Kier alpha value is -0.760. The van der Waals surface area contributed by atoms with Crippen LogP contribution in [0.3, 0.4) is 0 Å². The molecule has 0 radical (unpaired) electrons. The van der Waals surface area contributed by atoms with Gasteiger partial charge in [-0.25, -0.2) is 4.98 Å². The first kappa shape index (κ1) is 10.3. The molecule has 1 rings (SSSR count). The molecule has 0 fully saturated rings. The van der Waals surface area contributed by atoms with Crippen molar-refractivity contribution in [3.63, 3.8) is 0 Å². The smallest absolute Gasteiger partial charge is 0.214 e. The lowest BCUT2D eigenvalue weighted by Gasteiger charge is -2.09. The van der Waals surface area contributed by atoms with E-state index in [0.29, 0.717) is 23.4 Å². The van der Waals surface area contributed by atoms with E-state index in [1.165, 1.54) is 0 Å². The van der Waals surface area contributed by atoms with Crippen molar-refractivity contribution >= 4 is 11.6 Å². The second-order valence-corrected chi connectivity index (χ2v) is 3.57. The van der Waals surface area contributed by atoms with Crippen LogP contribution < -0.4 is 4.74 Å². The fourth-order valence-corrected chi connectivity index (χ4v) is 0.959. The van der Waals surface area contributed by atoms with Gasteiger partial charge in [-0.05, 0) is 12.0 Å². The van der Waals surface area contributed by atoms with Crippen molar-refractivity contribution < 1.29 is 4.74 Å². The Bertz CT molecular complexity index is 265. The number of hydrogen-bond acceptors (Lipinski definition) is 2. The summed E-state index contributed by atoms with van der Waals surface area (Å²) in [5.41, 5.74) is 0. The lowest BCUT2D eigenvalue weighted by molar-refractivity contribution is 0.248. The van der Waals surface area contributed by atoms with Crippen molar-refractivity contribution in [1.82, 2.24) is 4.98 Å². The summed E-state index contributed by atoms with van der Waals surface area (Å²) in [7, 11) is 0. The first-order chi connectivity index (χ1) is 6.22. The van der Waals surface area contributed by atoms with Gasteiger partial charge in [-0.2, -0.15) is 0 Å². The van der Waals surface area contributed by atoms with Gasteiger partial charge in [0.05, 0.1) is 6.61 Å². The largest absolute Gasteiger partial charge is 0.477 e. The van der Waals surface area contributed by atoms with Crippen molar-refractivity contribution in [2.45, 2.75) is 20.3 Å². The summed E-state index contributed by atoms with van der Waals surface area (Å²) < 4.78 is 5.44. The standard InChI is InChI=1S/C10H14ClNO/c1-3-8(2)7-13-10-6-9(11)4-5-12-10/h4-6,8H,3,7H2,1-2H3. The number of halogens is 1. The predicted octanol–water partition coefficient (Wildman–Crippen LogP) is 3.16. The van der Waals surface area contributed by atoms with Gasteiger partial charge in [0.2, 0.25) is 5.88 Å². The molecule has 1 unspecified atom stereocenters. The van der Waals surface area contributed by atoms with Crippen LogP contribution in [-0.4, -0.2) is 11.6 Å². The van der Waals surface area contributed by atoms with Crippen LogP contribution in [0.5, 0.6) is 5.88 Å². The molecule has 0 aliphatic carbocycles. The zero-order valence-electron chi connectivity index (χ0n) is 7.96. The number of rotatable bonds is 4. The van der Waals surface area contributed by atoms with E-state index in [0.717, 1.165) is 6.42 Å². The molecule has 3 heteroatoms. The molecule has 0 N–H and O–H groups in total. The van der Waals surface area contributed by atoms with Crippen LogP contribution in [0.2, 0.25) is 5.02 Å². The minimum Gasteiger partial charge on any atom is -0.477 e. The zero-order valence-corrected chi connectivity index (χ0v) is 8.71.